The van der Waals surface area contributed by atoms with Crippen LogP contribution in [0, 0.1) is 0 Å². The predicted molar refractivity (Wildman–Crippen MR) is 348 cm³/mol. The maximum absolute atomic E-state index is 6.31. The lowest BCUT2D eigenvalue weighted by Crippen LogP contribution is -2.74. The quantitative estimate of drug-likeness (QED) is 0.0989. The highest BCUT2D eigenvalue weighted by Gasteiger charge is 2.42. The molecule has 3 aromatic heterocycles. The van der Waals surface area contributed by atoms with Gasteiger partial charge in [-0.15, -0.1) is 0 Å². The molecule has 0 N–H and O–H groups in total. The molecule has 16 rings (SSSR count). The molecule has 384 valence electrons. The van der Waals surface area contributed by atoms with Gasteiger partial charge in [0.2, 0.25) is 0 Å². The molecule has 16 aromatic rings. The molecular weight excluding hydrogens is 1010 g/mol. The van der Waals surface area contributed by atoms with Crippen LogP contribution in [0.1, 0.15) is 0 Å². The van der Waals surface area contributed by atoms with E-state index in [2.05, 4.69) is 319 Å². The third-order valence-electron chi connectivity index (χ3n) is 17.1. The maximum atomic E-state index is 6.31. The summed E-state index contributed by atoms with van der Waals surface area (Å²) >= 11 is 0. The topological polar surface area (TPSA) is 23.0 Å². The maximum Gasteiger partial charge on any atom is 0.179 e. The summed E-state index contributed by atoms with van der Waals surface area (Å²) in [5, 5.41) is 12.4. The number of aromatic nitrogens is 2. The van der Waals surface area contributed by atoms with Gasteiger partial charge in [0.05, 0.1) is 27.8 Å². The lowest BCUT2D eigenvalue weighted by molar-refractivity contribution is 0.669. The smallest absolute Gasteiger partial charge is 0.179 e. The summed E-state index contributed by atoms with van der Waals surface area (Å²) in [4.78, 5) is 0. The number of para-hydroxylation sites is 4. The molecule has 0 radical (unpaired) electrons. The van der Waals surface area contributed by atoms with Crippen LogP contribution in [0.5, 0.6) is 0 Å². The van der Waals surface area contributed by atoms with Gasteiger partial charge < -0.3 is 13.6 Å². The number of nitrogens with zero attached hydrogens (tertiary/aromatic N) is 2. The van der Waals surface area contributed by atoms with Gasteiger partial charge in [0.15, 0.2) is 8.07 Å². The molecule has 0 aliphatic heterocycles. The van der Waals surface area contributed by atoms with Crippen molar-refractivity contribution in [3.05, 3.63) is 315 Å². The van der Waals surface area contributed by atoms with Crippen LogP contribution in [0.25, 0.3) is 121 Å². The molecule has 0 amide bonds. The van der Waals surface area contributed by atoms with Crippen LogP contribution in [0.3, 0.4) is 0 Å². The average Bonchev–Trinajstić information content (AvgIpc) is 4.15. The number of furan rings is 1. The van der Waals surface area contributed by atoms with Crippen molar-refractivity contribution in [1.82, 2.24) is 9.13 Å². The summed E-state index contributed by atoms with van der Waals surface area (Å²) in [5.74, 6) is 0. The van der Waals surface area contributed by atoms with E-state index in [1.807, 2.05) is 6.07 Å². The van der Waals surface area contributed by atoms with Crippen LogP contribution in [0.4, 0.5) is 0 Å². The number of hydrogen-bond acceptors (Lipinski definition) is 1. The van der Waals surface area contributed by atoms with E-state index in [0.717, 1.165) is 66.6 Å². The van der Waals surface area contributed by atoms with Crippen molar-refractivity contribution >= 4 is 94.4 Å². The molecular formula is C78H52N2OSi. The highest BCUT2D eigenvalue weighted by molar-refractivity contribution is 7.20. The van der Waals surface area contributed by atoms with E-state index in [1.54, 1.807) is 0 Å². The highest BCUT2D eigenvalue weighted by atomic mass is 28.3. The summed E-state index contributed by atoms with van der Waals surface area (Å²) in [6.45, 7) is 0. The van der Waals surface area contributed by atoms with E-state index in [1.165, 1.54) is 75.6 Å². The minimum absolute atomic E-state index is 0.892. The Kier molecular flexibility index (Phi) is 11.2. The number of fused-ring (bicyclic) bond motifs is 9. The van der Waals surface area contributed by atoms with Crippen molar-refractivity contribution in [2.45, 2.75) is 0 Å². The summed E-state index contributed by atoms with van der Waals surface area (Å²) in [6.07, 6.45) is 0. The molecule has 0 aliphatic carbocycles. The molecule has 0 bridgehead atoms. The standard InChI is InChI=1S/C78H52N2OSi/c1-6-25-53(26-7-1)68-51-60(82(57-29-10-3-11-30-57,58-31-12-4-13-32-58)59-33-14-5-15-34-59)52-69(54-27-8-2-9-28-54)78(68)80-73-43-22-19-38-64(73)70-50-56(46-47-74(70)80)79-72-42-21-18-37-63(72)67-41-24-40-66(77(67)79)62-36-17-16-35-61(62)55-45-48-76-71(49-55)65-39-20-23-44-75(65)81-76/h1-52H. The first-order valence-electron chi connectivity index (χ1n) is 28.2. The van der Waals surface area contributed by atoms with E-state index >= 15 is 0 Å². The first kappa shape index (κ1) is 47.5. The van der Waals surface area contributed by atoms with Gasteiger partial charge in [-0.2, -0.15) is 0 Å². The second kappa shape index (κ2) is 19.4. The van der Waals surface area contributed by atoms with Gasteiger partial charge in [-0.05, 0) is 97.1 Å². The van der Waals surface area contributed by atoms with E-state index in [0.29, 0.717) is 0 Å². The molecule has 0 saturated carbocycles. The van der Waals surface area contributed by atoms with Crippen molar-refractivity contribution in [2.24, 2.45) is 0 Å². The molecule has 3 nitrogen and oxygen atoms in total. The van der Waals surface area contributed by atoms with E-state index in [-0.39, 0.29) is 0 Å². The lowest BCUT2D eigenvalue weighted by atomic mass is 9.92. The van der Waals surface area contributed by atoms with Gasteiger partial charge >= 0.3 is 0 Å². The van der Waals surface area contributed by atoms with Gasteiger partial charge in [0, 0.05) is 54.7 Å². The van der Waals surface area contributed by atoms with Crippen LogP contribution in [-0.2, 0) is 0 Å². The molecule has 0 saturated heterocycles. The van der Waals surface area contributed by atoms with Gasteiger partial charge in [-0.3, -0.25) is 0 Å². The Morgan fingerprint density at radius 2 is 0.707 bits per heavy atom. The Bertz CT molecular complexity index is 4920. The minimum atomic E-state index is -3.01. The molecule has 4 heteroatoms. The van der Waals surface area contributed by atoms with Crippen LogP contribution in [-0.4, -0.2) is 17.2 Å². The summed E-state index contributed by atoms with van der Waals surface area (Å²) < 4.78 is 11.4. The zero-order chi connectivity index (χ0) is 54.1. The van der Waals surface area contributed by atoms with Crippen LogP contribution in [0.2, 0.25) is 0 Å². The summed E-state index contributed by atoms with van der Waals surface area (Å²) in [5.41, 5.74) is 18.0. The van der Waals surface area contributed by atoms with Gasteiger partial charge in [-0.25, -0.2) is 0 Å². The molecule has 82 heavy (non-hydrogen) atoms. The van der Waals surface area contributed by atoms with E-state index < -0.39 is 8.07 Å². The molecule has 0 fully saturated rings. The Hall–Kier alpha value is -10.5. The highest BCUT2D eigenvalue weighted by Crippen LogP contribution is 2.45. The normalized spacial score (nSPS) is 11.9. The lowest BCUT2D eigenvalue weighted by Gasteiger charge is -2.36. The molecule has 13 aromatic carbocycles. The van der Waals surface area contributed by atoms with Crippen molar-refractivity contribution in [3.63, 3.8) is 0 Å². The number of rotatable bonds is 10. The van der Waals surface area contributed by atoms with Gasteiger partial charge in [0.25, 0.3) is 0 Å². The largest absolute Gasteiger partial charge is 0.456 e. The predicted octanol–water partition coefficient (Wildman–Crippen LogP) is 17.8. The molecule has 0 unspecified atom stereocenters. The number of hydrogen-bond donors (Lipinski definition) is 0. The van der Waals surface area contributed by atoms with Crippen LogP contribution < -0.4 is 20.7 Å². The number of benzene rings is 13. The zero-order valence-electron chi connectivity index (χ0n) is 44.8. The first-order chi connectivity index (χ1) is 40.7. The van der Waals surface area contributed by atoms with Gasteiger partial charge in [0.1, 0.15) is 11.2 Å². The molecule has 0 spiro atoms. The zero-order valence-corrected chi connectivity index (χ0v) is 45.8. The van der Waals surface area contributed by atoms with Crippen molar-refractivity contribution < 1.29 is 4.42 Å². The monoisotopic (exact) mass is 1060 g/mol. The van der Waals surface area contributed by atoms with E-state index in [9.17, 15) is 0 Å². The summed E-state index contributed by atoms with van der Waals surface area (Å²) in [6, 6.07) is 117. The fourth-order valence-electron chi connectivity index (χ4n) is 13.5. The summed E-state index contributed by atoms with van der Waals surface area (Å²) in [7, 11) is -3.01. The third-order valence-corrected chi connectivity index (χ3v) is 21.8. The molecule has 3 heterocycles. The van der Waals surface area contributed by atoms with Crippen molar-refractivity contribution in [2.75, 3.05) is 0 Å². The average molecular weight is 1060 g/mol. The second-order valence-corrected chi connectivity index (χ2v) is 25.3. The van der Waals surface area contributed by atoms with Crippen LogP contribution >= 0.6 is 0 Å². The SMILES string of the molecule is c1ccc(-c2cc([Si](c3ccccc3)(c3ccccc3)c3ccccc3)cc(-c3ccccc3)c2-n2c3ccccc3c3cc(-n4c5ccccc5c5cccc(-c6ccccc6-c6ccc7oc8ccccc8c7c6)c54)ccc32)cc1. The second-order valence-electron chi connectivity index (χ2n) is 21.5. The Morgan fingerprint density at radius 1 is 0.244 bits per heavy atom. The van der Waals surface area contributed by atoms with Crippen molar-refractivity contribution in [3.8, 4) is 55.9 Å². The Labute approximate surface area is 476 Å². The van der Waals surface area contributed by atoms with E-state index in [4.69, 9.17) is 4.42 Å². The van der Waals surface area contributed by atoms with Crippen molar-refractivity contribution in [1.29, 1.82) is 0 Å². The molecule has 0 atom stereocenters. The van der Waals surface area contributed by atoms with Crippen LogP contribution in [0.15, 0.2) is 320 Å². The Morgan fingerprint density at radius 3 is 1.33 bits per heavy atom. The Balaban J connectivity index is 0.964. The first-order valence-corrected chi connectivity index (χ1v) is 30.2. The fraction of sp³-hybridized carbons (Fsp3) is 0. The minimum Gasteiger partial charge on any atom is -0.456 e. The third kappa shape index (κ3) is 7.42. The molecule has 0 aliphatic rings. The van der Waals surface area contributed by atoms with Gasteiger partial charge in [-0.1, -0.05) is 267 Å². The fourth-order valence-corrected chi connectivity index (χ4v) is 18.3.